The summed E-state index contributed by atoms with van der Waals surface area (Å²) < 4.78 is 0. The number of anilines is 2. The Kier molecular flexibility index (Phi) is 4.27. The third-order valence-corrected chi connectivity index (χ3v) is 5.35. The highest BCUT2D eigenvalue weighted by molar-refractivity contribution is 5.98. The van der Waals surface area contributed by atoms with Crippen LogP contribution in [0.4, 0.5) is 11.6 Å². The lowest BCUT2D eigenvalue weighted by atomic mass is 10.0. The third kappa shape index (κ3) is 3.41. The smallest absolute Gasteiger partial charge is 0.229 e. The highest BCUT2D eigenvalue weighted by atomic mass is 16.3. The molecule has 1 saturated carbocycles. The van der Waals surface area contributed by atoms with Gasteiger partial charge in [-0.25, -0.2) is 9.97 Å². The normalized spacial score (nSPS) is 18.9. The van der Waals surface area contributed by atoms with Crippen molar-refractivity contribution >= 4 is 28.3 Å². The summed E-state index contributed by atoms with van der Waals surface area (Å²) in [5.41, 5.74) is 7.97. The Morgan fingerprint density at radius 2 is 2.11 bits per heavy atom. The van der Waals surface area contributed by atoms with E-state index < -0.39 is 5.60 Å². The van der Waals surface area contributed by atoms with E-state index in [9.17, 15) is 9.90 Å². The van der Waals surface area contributed by atoms with Crippen LogP contribution in [0.15, 0.2) is 36.8 Å². The number of nitrogens with one attached hydrogen (secondary N) is 1. The zero-order chi connectivity index (χ0) is 20.1. The Morgan fingerprint density at radius 3 is 2.79 bits per heavy atom. The maximum atomic E-state index is 12.5. The van der Waals surface area contributed by atoms with Gasteiger partial charge in [0, 0.05) is 35.5 Å². The van der Waals surface area contributed by atoms with E-state index in [1.54, 1.807) is 38.5 Å². The Bertz CT molecular complexity index is 1070. The summed E-state index contributed by atoms with van der Waals surface area (Å²) in [5, 5.41) is 14.5. The van der Waals surface area contributed by atoms with Crippen LogP contribution >= 0.6 is 0 Å². The van der Waals surface area contributed by atoms with Crippen molar-refractivity contribution in [1.82, 2.24) is 15.0 Å². The fraction of sp³-hybridized carbons (Fsp3) is 0.333. The van der Waals surface area contributed by atoms with Gasteiger partial charge in [-0.1, -0.05) is 0 Å². The van der Waals surface area contributed by atoms with E-state index in [-0.39, 0.29) is 17.7 Å². The molecule has 2 atom stereocenters. The van der Waals surface area contributed by atoms with Crippen LogP contribution in [-0.2, 0) is 4.79 Å². The van der Waals surface area contributed by atoms with Crippen molar-refractivity contribution in [3.8, 4) is 11.3 Å². The molecule has 0 aliphatic heterocycles. The largest absolute Gasteiger partial charge is 0.390 e. The molecule has 0 bridgehead atoms. The standard InChI is InChI=1S/C21H23N5O2/c1-11-4-5-23-9-14(11)17-6-12-7-18(24-10-15(12)19(22)25-17)26-20(27)13-8-16(13)21(2,3)28/h4-7,9-10,13,16,28H,8H2,1-3H3,(H2,22,25)(H,24,26,27)/t13-,16?/m1/s1. The van der Waals surface area contributed by atoms with Gasteiger partial charge in [-0.3, -0.25) is 9.78 Å². The fourth-order valence-corrected chi connectivity index (χ4v) is 3.60. The molecule has 1 amide bonds. The number of hydrogen-bond donors (Lipinski definition) is 3. The highest BCUT2D eigenvalue weighted by Gasteiger charge is 2.51. The summed E-state index contributed by atoms with van der Waals surface area (Å²) in [7, 11) is 0. The summed E-state index contributed by atoms with van der Waals surface area (Å²) in [6, 6.07) is 5.63. The predicted octanol–water partition coefficient (Wildman–Crippen LogP) is 2.93. The van der Waals surface area contributed by atoms with E-state index in [1.165, 1.54) is 0 Å². The highest BCUT2D eigenvalue weighted by Crippen LogP contribution is 2.46. The number of nitrogens with two attached hydrogens (primary N) is 1. The molecular formula is C21H23N5O2. The van der Waals surface area contributed by atoms with Gasteiger partial charge in [0.2, 0.25) is 5.91 Å². The van der Waals surface area contributed by atoms with E-state index in [0.29, 0.717) is 18.1 Å². The van der Waals surface area contributed by atoms with Crippen molar-refractivity contribution in [2.75, 3.05) is 11.1 Å². The van der Waals surface area contributed by atoms with Crippen molar-refractivity contribution in [3.63, 3.8) is 0 Å². The van der Waals surface area contributed by atoms with Gasteiger partial charge in [0.15, 0.2) is 0 Å². The minimum atomic E-state index is -0.852. The molecule has 3 aromatic heterocycles. The van der Waals surface area contributed by atoms with Crippen molar-refractivity contribution in [2.24, 2.45) is 11.8 Å². The van der Waals surface area contributed by atoms with E-state index in [4.69, 9.17) is 5.73 Å². The van der Waals surface area contributed by atoms with Crippen molar-refractivity contribution in [2.45, 2.75) is 32.8 Å². The summed E-state index contributed by atoms with van der Waals surface area (Å²) in [6.45, 7) is 5.46. The average molecular weight is 377 g/mol. The van der Waals surface area contributed by atoms with E-state index in [0.717, 1.165) is 27.6 Å². The molecular weight excluding hydrogens is 354 g/mol. The number of aromatic nitrogens is 3. The first kappa shape index (κ1) is 18.3. The monoisotopic (exact) mass is 377 g/mol. The van der Waals surface area contributed by atoms with Gasteiger partial charge in [-0.05, 0) is 62.3 Å². The van der Waals surface area contributed by atoms with Gasteiger partial charge in [-0.2, -0.15) is 0 Å². The molecule has 0 spiro atoms. The molecule has 1 fully saturated rings. The topological polar surface area (TPSA) is 114 Å². The number of carbonyl (C=O) groups is 1. The van der Waals surface area contributed by atoms with Crippen LogP contribution in [-0.4, -0.2) is 31.6 Å². The summed E-state index contributed by atoms with van der Waals surface area (Å²) >= 11 is 0. The quantitative estimate of drug-likeness (QED) is 0.644. The maximum Gasteiger partial charge on any atom is 0.229 e. The molecule has 4 rings (SSSR count). The Hall–Kier alpha value is -3.06. The molecule has 0 aromatic carbocycles. The molecule has 3 aromatic rings. The van der Waals surface area contributed by atoms with Gasteiger partial charge in [0.25, 0.3) is 0 Å². The maximum absolute atomic E-state index is 12.5. The van der Waals surface area contributed by atoms with Gasteiger partial charge in [-0.15, -0.1) is 0 Å². The zero-order valence-corrected chi connectivity index (χ0v) is 16.1. The second kappa shape index (κ2) is 6.53. The molecule has 4 N–H and O–H groups in total. The van der Waals surface area contributed by atoms with Gasteiger partial charge in [0.05, 0.1) is 11.3 Å². The first-order valence-corrected chi connectivity index (χ1v) is 9.24. The number of amides is 1. The molecule has 28 heavy (non-hydrogen) atoms. The zero-order valence-electron chi connectivity index (χ0n) is 16.1. The second-order valence-electron chi connectivity index (χ2n) is 7.97. The molecule has 7 nitrogen and oxygen atoms in total. The number of fused-ring (bicyclic) bond motifs is 1. The summed E-state index contributed by atoms with van der Waals surface area (Å²) in [5.74, 6) is 0.509. The lowest BCUT2D eigenvalue weighted by molar-refractivity contribution is -0.118. The van der Waals surface area contributed by atoms with Gasteiger partial charge >= 0.3 is 0 Å². The summed E-state index contributed by atoms with van der Waals surface area (Å²) in [4.78, 5) is 25.4. The third-order valence-electron chi connectivity index (χ3n) is 5.35. The van der Waals surface area contributed by atoms with E-state index >= 15 is 0 Å². The number of pyridine rings is 3. The Balaban J connectivity index is 1.63. The number of nitrogen functional groups attached to an aromatic ring is 1. The van der Waals surface area contributed by atoms with Gasteiger partial charge in [0.1, 0.15) is 11.6 Å². The molecule has 0 radical (unpaired) electrons. The van der Waals surface area contributed by atoms with Crippen LogP contribution in [0.5, 0.6) is 0 Å². The lowest BCUT2D eigenvalue weighted by Gasteiger charge is -2.16. The summed E-state index contributed by atoms with van der Waals surface area (Å²) in [6.07, 6.45) is 5.80. The lowest BCUT2D eigenvalue weighted by Crippen LogP contribution is -2.26. The fourth-order valence-electron chi connectivity index (χ4n) is 3.60. The average Bonchev–Trinajstić information content (AvgIpc) is 3.43. The minimum Gasteiger partial charge on any atom is -0.390 e. The van der Waals surface area contributed by atoms with Crippen LogP contribution in [0.2, 0.25) is 0 Å². The van der Waals surface area contributed by atoms with Crippen molar-refractivity contribution in [3.05, 3.63) is 42.4 Å². The number of aliphatic hydroxyl groups is 1. The molecule has 0 saturated heterocycles. The number of nitrogens with zero attached hydrogens (tertiary/aromatic N) is 3. The number of rotatable bonds is 4. The van der Waals surface area contributed by atoms with Crippen LogP contribution in [0.1, 0.15) is 25.8 Å². The molecule has 1 aliphatic carbocycles. The Morgan fingerprint density at radius 1 is 1.32 bits per heavy atom. The predicted molar refractivity (Wildman–Crippen MR) is 108 cm³/mol. The second-order valence-corrected chi connectivity index (χ2v) is 7.97. The van der Waals surface area contributed by atoms with Gasteiger partial charge < -0.3 is 16.2 Å². The molecule has 1 unspecified atom stereocenters. The van der Waals surface area contributed by atoms with E-state index in [2.05, 4.69) is 20.3 Å². The van der Waals surface area contributed by atoms with Crippen LogP contribution < -0.4 is 11.1 Å². The molecule has 3 heterocycles. The van der Waals surface area contributed by atoms with Crippen molar-refractivity contribution < 1.29 is 9.90 Å². The first-order chi connectivity index (χ1) is 13.2. The Labute approximate surface area is 163 Å². The van der Waals surface area contributed by atoms with Crippen molar-refractivity contribution in [1.29, 1.82) is 0 Å². The van der Waals surface area contributed by atoms with Crippen LogP contribution in [0.3, 0.4) is 0 Å². The SMILES string of the molecule is Cc1ccncc1-c1cc2cc(NC(=O)[C@@H]3CC3C(C)(C)O)ncc2c(N)n1. The van der Waals surface area contributed by atoms with E-state index in [1.807, 2.05) is 19.1 Å². The van der Waals surface area contributed by atoms with Crippen LogP contribution in [0, 0.1) is 18.8 Å². The molecule has 144 valence electrons. The van der Waals surface area contributed by atoms with Crippen LogP contribution in [0.25, 0.3) is 22.0 Å². The number of carbonyl (C=O) groups excluding carboxylic acids is 1. The molecule has 7 heteroatoms. The molecule has 1 aliphatic rings. The first-order valence-electron chi connectivity index (χ1n) is 9.24. The number of aryl methyl sites for hydroxylation is 1. The minimum absolute atomic E-state index is 0.0204. The number of hydrogen-bond acceptors (Lipinski definition) is 6.